The predicted molar refractivity (Wildman–Crippen MR) is 83.0 cm³/mol. The summed E-state index contributed by atoms with van der Waals surface area (Å²) in [5.74, 6) is 0.879. The lowest BCUT2D eigenvalue weighted by Gasteiger charge is -2.12. The standard InChI is InChI=1S/C17H25N3/c1-3-9-15(4-2)10-8-11-16-14-20(19-18-16)17-12-6-5-7-13-17/h5-7,12-15H,3-4,8-11H2,1-2H3. The summed E-state index contributed by atoms with van der Waals surface area (Å²) in [5, 5.41) is 8.48. The van der Waals surface area contributed by atoms with Crippen molar-refractivity contribution in [3.8, 4) is 5.69 Å². The number of hydrogen-bond acceptors (Lipinski definition) is 2. The van der Waals surface area contributed by atoms with Crippen molar-refractivity contribution in [2.24, 2.45) is 5.92 Å². The first-order valence-electron chi connectivity index (χ1n) is 7.80. The number of aromatic nitrogens is 3. The van der Waals surface area contributed by atoms with Gasteiger partial charge >= 0.3 is 0 Å². The van der Waals surface area contributed by atoms with E-state index in [1.54, 1.807) is 0 Å². The van der Waals surface area contributed by atoms with Crippen LogP contribution in [0.15, 0.2) is 36.5 Å². The van der Waals surface area contributed by atoms with Gasteiger partial charge in [-0.1, -0.05) is 62.9 Å². The van der Waals surface area contributed by atoms with Crippen molar-refractivity contribution < 1.29 is 0 Å². The van der Waals surface area contributed by atoms with Gasteiger partial charge in [0, 0.05) is 0 Å². The van der Waals surface area contributed by atoms with Crippen LogP contribution in [0.5, 0.6) is 0 Å². The van der Waals surface area contributed by atoms with E-state index in [-0.39, 0.29) is 0 Å². The van der Waals surface area contributed by atoms with Crippen LogP contribution in [0.3, 0.4) is 0 Å². The van der Waals surface area contributed by atoms with Crippen LogP contribution in [0.1, 0.15) is 51.6 Å². The Balaban J connectivity index is 1.84. The second-order valence-corrected chi connectivity index (χ2v) is 5.45. The first-order chi connectivity index (χ1) is 9.83. The largest absolute Gasteiger partial charge is 0.220 e. The van der Waals surface area contributed by atoms with Crippen LogP contribution in [0.2, 0.25) is 0 Å². The lowest BCUT2D eigenvalue weighted by molar-refractivity contribution is 0.419. The van der Waals surface area contributed by atoms with Crippen molar-refractivity contribution in [1.82, 2.24) is 15.0 Å². The van der Waals surface area contributed by atoms with Crippen molar-refractivity contribution >= 4 is 0 Å². The summed E-state index contributed by atoms with van der Waals surface area (Å²) in [6.07, 6.45) is 9.55. The Morgan fingerprint density at radius 3 is 2.60 bits per heavy atom. The van der Waals surface area contributed by atoms with Crippen LogP contribution in [0, 0.1) is 5.92 Å². The Kier molecular flexibility index (Phi) is 5.78. The minimum Gasteiger partial charge on any atom is -0.220 e. The van der Waals surface area contributed by atoms with Gasteiger partial charge in [-0.05, 0) is 30.9 Å². The second-order valence-electron chi connectivity index (χ2n) is 5.45. The molecule has 0 saturated heterocycles. The van der Waals surface area contributed by atoms with Gasteiger partial charge in [0.25, 0.3) is 0 Å². The molecule has 1 unspecified atom stereocenters. The number of rotatable bonds is 8. The van der Waals surface area contributed by atoms with Gasteiger partial charge < -0.3 is 0 Å². The summed E-state index contributed by atoms with van der Waals surface area (Å²) in [7, 11) is 0. The minimum atomic E-state index is 0.879. The van der Waals surface area contributed by atoms with Gasteiger partial charge in [-0.2, -0.15) is 0 Å². The van der Waals surface area contributed by atoms with E-state index in [0.717, 1.165) is 23.7 Å². The summed E-state index contributed by atoms with van der Waals surface area (Å²) in [6.45, 7) is 4.57. The average Bonchev–Trinajstić information content (AvgIpc) is 2.96. The SMILES string of the molecule is CCCC(CC)CCCc1cn(-c2ccccc2)nn1. The maximum Gasteiger partial charge on any atom is 0.0831 e. The molecule has 0 spiro atoms. The Bertz CT molecular complexity index is 490. The summed E-state index contributed by atoms with van der Waals surface area (Å²) in [6, 6.07) is 10.2. The van der Waals surface area contributed by atoms with Crippen LogP contribution >= 0.6 is 0 Å². The minimum absolute atomic E-state index is 0.879. The molecule has 1 atom stereocenters. The van der Waals surface area contributed by atoms with Crippen molar-refractivity contribution in [2.75, 3.05) is 0 Å². The highest BCUT2D eigenvalue weighted by Gasteiger charge is 2.07. The molecule has 0 aliphatic rings. The average molecular weight is 271 g/mol. The van der Waals surface area contributed by atoms with E-state index in [4.69, 9.17) is 0 Å². The fraction of sp³-hybridized carbons (Fsp3) is 0.529. The third-order valence-electron chi connectivity index (χ3n) is 3.88. The van der Waals surface area contributed by atoms with Gasteiger partial charge in [0.1, 0.15) is 0 Å². The molecule has 1 aromatic heterocycles. The van der Waals surface area contributed by atoms with Crippen molar-refractivity contribution in [3.05, 3.63) is 42.2 Å². The second kappa shape index (κ2) is 7.83. The van der Waals surface area contributed by atoms with Gasteiger partial charge in [-0.3, -0.25) is 0 Å². The molecule has 0 bridgehead atoms. The zero-order valence-corrected chi connectivity index (χ0v) is 12.6. The Morgan fingerprint density at radius 2 is 1.90 bits per heavy atom. The van der Waals surface area contributed by atoms with E-state index in [2.05, 4.69) is 30.4 Å². The molecule has 108 valence electrons. The molecule has 20 heavy (non-hydrogen) atoms. The van der Waals surface area contributed by atoms with E-state index in [1.165, 1.54) is 32.1 Å². The molecule has 0 N–H and O–H groups in total. The molecule has 3 nitrogen and oxygen atoms in total. The third-order valence-corrected chi connectivity index (χ3v) is 3.88. The van der Waals surface area contributed by atoms with Crippen LogP contribution in [0.25, 0.3) is 5.69 Å². The van der Waals surface area contributed by atoms with E-state index < -0.39 is 0 Å². The maximum atomic E-state index is 4.27. The van der Waals surface area contributed by atoms with E-state index in [9.17, 15) is 0 Å². The fourth-order valence-corrected chi connectivity index (χ4v) is 2.65. The first kappa shape index (κ1) is 14.8. The van der Waals surface area contributed by atoms with Gasteiger partial charge in [0.15, 0.2) is 0 Å². The molecule has 0 radical (unpaired) electrons. The number of nitrogens with zero attached hydrogens (tertiary/aromatic N) is 3. The summed E-state index contributed by atoms with van der Waals surface area (Å²) in [4.78, 5) is 0. The molecule has 0 fully saturated rings. The van der Waals surface area contributed by atoms with Crippen molar-refractivity contribution in [1.29, 1.82) is 0 Å². The fourth-order valence-electron chi connectivity index (χ4n) is 2.65. The molecule has 0 aliphatic heterocycles. The maximum absolute atomic E-state index is 4.27. The number of para-hydroxylation sites is 1. The van der Waals surface area contributed by atoms with Crippen molar-refractivity contribution in [2.45, 2.75) is 52.4 Å². The number of aryl methyl sites for hydroxylation is 1. The summed E-state index contributed by atoms with van der Waals surface area (Å²) in [5.41, 5.74) is 2.17. The van der Waals surface area contributed by atoms with Crippen LogP contribution < -0.4 is 0 Å². The lowest BCUT2D eigenvalue weighted by atomic mass is 9.94. The highest BCUT2D eigenvalue weighted by molar-refractivity contribution is 5.29. The van der Waals surface area contributed by atoms with E-state index in [1.807, 2.05) is 35.0 Å². The highest BCUT2D eigenvalue weighted by Crippen LogP contribution is 2.18. The summed E-state index contributed by atoms with van der Waals surface area (Å²) < 4.78 is 1.86. The Hall–Kier alpha value is -1.64. The van der Waals surface area contributed by atoms with Crippen molar-refractivity contribution in [3.63, 3.8) is 0 Å². The highest BCUT2D eigenvalue weighted by atomic mass is 15.4. The van der Waals surface area contributed by atoms with E-state index in [0.29, 0.717) is 0 Å². The van der Waals surface area contributed by atoms with Gasteiger partial charge in [0.05, 0.1) is 17.6 Å². The van der Waals surface area contributed by atoms with Crippen LogP contribution in [0.4, 0.5) is 0 Å². The zero-order valence-electron chi connectivity index (χ0n) is 12.6. The summed E-state index contributed by atoms with van der Waals surface area (Å²) >= 11 is 0. The molecule has 0 saturated carbocycles. The topological polar surface area (TPSA) is 30.7 Å². The molecule has 3 heteroatoms. The lowest BCUT2D eigenvalue weighted by Crippen LogP contribution is -1.99. The molecule has 1 heterocycles. The molecular weight excluding hydrogens is 246 g/mol. The normalized spacial score (nSPS) is 12.5. The molecule has 2 rings (SSSR count). The Labute approximate surface area is 122 Å². The molecular formula is C17H25N3. The monoisotopic (exact) mass is 271 g/mol. The quantitative estimate of drug-likeness (QED) is 0.711. The Morgan fingerprint density at radius 1 is 1.10 bits per heavy atom. The first-order valence-corrected chi connectivity index (χ1v) is 7.80. The van der Waals surface area contributed by atoms with Gasteiger partial charge in [-0.15, -0.1) is 5.10 Å². The third kappa shape index (κ3) is 4.19. The molecule has 1 aromatic carbocycles. The smallest absolute Gasteiger partial charge is 0.0831 e. The number of hydrogen-bond donors (Lipinski definition) is 0. The number of benzene rings is 1. The van der Waals surface area contributed by atoms with Gasteiger partial charge in [0.2, 0.25) is 0 Å². The predicted octanol–water partition coefficient (Wildman–Crippen LogP) is 4.42. The van der Waals surface area contributed by atoms with Gasteiger partial charge in [-0.25, -0.2) is 4.68 Å². The van der Waals surface area contributed by atoms with E-state index >= 15 is 0 Å². The van der Waals surface area contributed by atoms with Crippen LogP contribution in [-0.4, -0.2) is 15.0 Å². The molecule has 0 amide bonds. The molecule has 0 aliphatic carbocycles. The zero-order chi connectivity index (χ0) is 14.2. The molecule has 2 aromatic rings. The van der Waals surface area contributed by atoms with Crippen LogP contribution in [-0.2, 0) is 6.42 Å².